The third-order valence-electron chi connectivity index (χ3n) is 4.77. The van der Waals surface area contributed by atoms with Crippen LogP contribution in [0, 0.1) is 6.92 Å². The molecule has 1 aromatic carbocycles. The van der Waals surface area contributed by atoms with Crippen LogP contribution < -0.4 is 10.1 Å². The first-order valence-corrected chi connectivity index (χ1v) is 9.01. The van der Waals surface area contributed by atoms with Crippen molar-refractivity contribution >= 4 is 11.8 Å². The normalized spacial score (nSPS) is 21.2. The van der Waals surface area contributed by atoms with Crippen molar-refractivity contribution in [1.82, 2.24) is 10.2 Å². The van der Waals surface area contributed by atoms with Gasteiger partial charge in [-0.15, -0.1) is 0 Å². The molecule has 0 saturated carbocycles. The van der Waals surface area contributed by atoms with Crippen LogP contribution in [0.2, 0.25) is 0 Å². The minimum absolute atomic E-state index is 0.00888. The van der Waals surface area contributed by atoms with Crippen molar-refractivity contribution in [3.05, 3.63) is 29.8 Å². The predicted octanol–water partition coefficient (Wildman–Crippen LogP) is 1.66. The molecule has 1 aromatic rings. The smallest absolute Gasteiger partial charge is 0.260 e. The molecule has 1 unspecified atom stereocenters. The molecule has 6 nitrogen and oxygen atoms in total. The van der Waals surface area contributed by atoms with Crippen LogP contribution >= 0.6 is 0 Å². The van der Waals surface area contributed by atoms with E-state index in [1.54, 1.807) is 0 Å². The van der Waals surface area contributed by atoms with Gasteiger partial charge in [0, 0.05) is 25.7 Å². The zero-order chi connectivity index (χ0) is 17.6. The molecule has 3 rings (SSSR count). The lowest BCUT2D eigenvalue weighted by atomic mass is 10.0. The number of amides is 2. The van der Waals surface area contributed by atoms with E-state index in [0.29, 0.717) is 25.4 Å². The summed E-state index contributed by atoms with van der Waals surface area (Å²) in [7, 11) is 0. The Kier molecular flexibility index (Phi) is 5.91. The molecule has 6 heteroatoms. The van der Waals surface area contributed by atoms with E-state index < -0.39 is 0 Å². The van der Waals surface area contributed by atoms with E-state index in [1.807, 2.05) is 36.1 Å². The highest BCUT2D eigenvalue weighted by Crippen LogP contribution is 2.16. The van der Waals surface area contributed by atoms with Crippen LogP contribution in [-0.2, 0) is 14.3 Å². The van der Waals surface area contributed by atoms with Crippen LogP contribution in [0.1, 0.15) is 31.2 Å². The third kappa shape index (κ3) is 4.95. The van der Waals surface area contributed by atoms with Crippen LogP contribution in [0.15, 0.2) is 24.3 Å². The lowest BCUT2D eigenvalue weighted by molar-refractivity contribution is -0.135. The van der Waals surface area contributed by atoms with E-state index in [1.165, 1.54) is 0 Å². The monoisotopic (exact) mass is 346 g/mol. The number of carbonyl (C=O) groups excluding carboxylic acids is 2. The molecule has 2 heterocycles. The van der Waals surface area contributed by atoms with Crippen molar-refractivity contribution < 1.29 is 19.1 Å². The minimum atomic E-state index is -0.289. The first-order valence-electron chi connectivity index (χ1n) is 9.01. The van der Waals surface area contributed by atoms with Crippen LogP contribution in [0.4, 0.5) is 0 Å². The summed E-state index contributed by atoms with van der Waals surface area (Å²) >= 11 is 0. The van der Waals surface area contributed by atoms with Crippen molar-refractivity contribution in [1.29, 1.82) is 0 Å². The lowest BCUT2D eigenvalue weighted by Crippen LogP contribution is -2.49. The number of carbonyl (C=O) groups is 2. The quantitative estimate of drug-likeness (QED) is 0.880. The summed E-state index contributed by atoms with van der Waals surface area (Å²) in [6.45, 7) is 4.01. The molecule has 25 heavy (non-hydrogen) atoms. The Morgan fingerprint density at radius 2 is 2.08 bits per heavy atom. The van der Waals surface area contributed by atoms with Crippen molar-refractivity contribution in [2.24, 2.45) is 0 Å². The number of benzene rings is 1. The number of nitrogens with one attached hydrogen (secondary N) is 1. The molecule has 2 fully saturated rings. The number of ether oxygens (including phenoxy) is 2. The van der Waals surface area contributed by atoms with Crippen molar-refractivity contribution in [3.8, 4) is 5.75 Å². The molecule has 1 atom stereocenters. The maximum atomic E-state index is 12.3. The average Bonchev–Trinajstić information content (AvgIpc) is 3.15. The van der Waals surface area contributed by atoms with Gasteiger partial charge in [0.2, 0.25) is 5.91 Å². The summed E-state index contributed by atoms with van der Waals surface area (Å²) in [4.78, 5) is 26.2. The van der Waals surface area contributed by atoms with Crippen LogP contribution in [-0.4, -0.2) is 55.2 Å². The first kappa shape index (κ1) is 17.7. The van der Waals surface area contributed by atoms with Crippen molar-refractivity contribution in [3.63, 3.8) is 0 Å². The first-order chi connectivity index (χ1) is 12.1. The Hall–Kier alpha value is -2.08. The summed E-state index contributed by atoms with van der Waals surface area (Å²) in [5.41, 5.74) is 1.10. The molecular formula is C19H26N2O4. The average molecular weight is 346 g/mol. The van der Waals surface area contributed by atoms with Gasteiger partial charge < -0.3 is 19.7 Å². The highest BCUT2D eigenvalue weighted by Gasteiger charge is 2.28. The van der Waals surface area contributed by atoms with Crippen molar-refractivity contribution in [2.75, 3.05) is 26.3 Å². The standard InChI is InChI=1S/C19H26N2O4/c1-14-4-2-5-16(12-14)25-13-18(22)21-9-7-15(8-10-21)20-19(23)17-6-3-11-24-17/h2,4-5,12,15,17H,3,6-11,13H2,1H3,(H,20,23). The second-order valence-corrected chi connectivity index (χ2v) is 6.77. The zero-order valence-corrected chi connectivity index (χ0v) is 14.7. The zero-order valence-electron chi connectivity index (χ0n) is 14.7. The number of nitrogens with zero attached hydrogens (tertiary/aromatic N) is 1. The molecule has 1 N–H and O–H groups in total. The lowest BCUT2D eigenvalue weighted by Gasteiger charge is -2.32. The Balaban J connectivity index is 1.39. The van der Waals surface area contributed by atoms with Gasteiger partial charge in [0.1, 0.15) is 11.9 Å². The fourth-order valence-electron chi connectivity index (χ4n) is 3.29. The van der Waals surface area contributed by atoms with E-state index in [0.717, 1.165) is 31.2 Å². The van der Waals surface area contributed by atoms with E-state index in [9.17, 15) is 9.59 Å². The molecule has 136 valence electrons. The van der Waals surface area contributed by atoms with Gasteiger partial charge in [0.25, 0.3) is 5.91 Å². The molecule has 0 spiro atoms. The number of aryl methyl sites for hydroxylation is 1. The Labute approximate surface area is 148 Å². The molecule has 0 aromatic heterocycles. The van der Waals surface area contributed by atoms with Gasteiger partial charge in [-0.1, -0.05) is 12.1 Å². The molecule has 2 aliphatic rings. The van der Waals surface area contributed by atoms with E-state index in [-0.39, 0.29) is 30.6 Å². The highest BCUT2D eigenvalue weighted by atomic mass is 16.5. The largest absolute Gasteiger partial charge is 0.484 e. The summed E-state index contributed by atoms with van der Waals surface area (Å²) in [6.07, 6.45) is 3.01. The maximum Gasteiger partial charge on any atom is 0.260 e. The summed E-state index contributed by atoms with van der Waals surface area (Å²) in [5, 5.41) is 3.05. The van der Waals surface area contributed by atoms with Crippen molar-refractivity contribution in [2.45, 2.75) is 44.8 Å². The molecule has 0 bridgehead atoms. The van der Waals surface area contributed by atoms with Crippen LogP contribution in [0.5, 0.6) is 5.75 Å². The van der Waals surface area contributed by atoms with E-state index >= 15 is 0 Å². The Morgan fingerprint density at radius 3 is 2.76 bits per heavy atom. The summed E-state index contributed by atoms with van der Waals surface area (Å²) in [6, 6.07) is 7.80. The second kappa shape index (κ2) is 8.34. The Morgan fingerprint density at radius 1 is 1.28 bits per heavy atom. The third-order valence-corrected chi connectivity index (χ3v) is 4.77. The van der Waals surface area contributed by atoms with Gasteiger partial charge in [-0.2, -0.15) is 0 Å². The highest BCUT2D eigenvalue weighted by molar-refractivity contribution is 5.81. The van der Waals surface area contributed by atoms with E-state index in [2.05, 4.69) is 5.32 Å². The number of likely N-dealkylation sites (tertiary alicyclic amines) is 1. The van der Waals surface area contributed by atoms with Gasteiger partial charge in [-0.3, -0.25) is 9.59 Å². The van der Waals surface area contributed by atoms with Gasteiger partial charge in [0.15, 0.2) is 6.61 Å². The SMILES string of the molecule is Cc1cccc(OCC(=O)N2CCC(NC(=O)C3CCCO3)CC2)c1. The fraction of sp³-hybridized carbons (Fsp3) is 0.579. The fourth-order valence-corrected chi connectivity index (χ4v) is 3.29. The predicted molar refractivity (Wildman–Crippen MR) is 93.4 cm³/mol. The molecular weight excluding hydrogens is 320 g/mol. The number of rotatable bonds is 5. The summed E-state index contributed by atoms with van der Waals surface area (Å²) in [5.74, 6) is 0.697. The van der Waals surface area contributed by atoms with Gasteiger partial charge in [-0.05, 0) is 50.3 Å². The topological polar surface area (TPSA) is 67.9 Å². The van der Waals surface area contributed by atoms with Crippen LogP contribution in [0.25, 0.3) is 0 Å². The minimum Gasteiger partial charge on any atom is -0.484 e. The molecule has 2 amide bonds. The van der Waals surface area contributed by atoms with Crippen LogP contribution in [0.3, 0.4) is 0 Å². The molecule has 2 saturated heterocycles. The number of hydrogen-bond acceptors (Lipinski definition) is 4. The van der Waals surface area contributed by atoms with Gasteiger partial charge in [-0.25, -0.2) is 0 Å². The number of hydrogen-bond donors (Lipinski definition) is 1. The maximum absolute atomic E-state index is 12.3. The van der Waals surface area contributed by atoms with Gasteiger partial charge in [0.05, 0.1) is 0 Å². The molecule has 0 aliphatic carbocycles. The summed E-state index contributed by atoms with van der Waals surface area (Å²) < 4.78 is 11.0. The molecule has 0 radical (unpaired) electrons. The van der Waals surface area contributed by atoms with Gasteiger partial charge >= 0.3 is 0 Å². The number of piperidine rings is 1. The second-order valence-electron chi connectivity index (χ2n) is 6.77. The van der Waals surface area contributed by atoms with E-state index in [4.69, 9.17) is 9.47 Å². The Bertz CT molecular complexity index is 605. The molecule has 2 aliphatic heterocycles.